The fraction of sp³-hybridized carbons (Fsp3) is 0.172. The van der Waals surface area contributed by atoms with Crippen LogP contribution in [0.25, 0.3) is 44.1 Å². The van der Waals surface area contributed by atoms with Gasteiger partial charge in [0, 0.05) is 27.4 Å². The van der Waals surface area contributed by atoms with Gasteiger partial charge < -0.3 is 4.57 Å². The maximum absolute atomic E-state index is 2.55. The molecule has 1 nitrogen and oxygen atoms in total. The van der Waals surface area contributed by atoms with Gasteiger partial charge in [-0.3, -0.25) is 0 Å². The minimum atomic E-state index is -0.0647. The number of nitrogens with zero attached hydrogens (tertiary/aromatic N) is 1. The maximum atomic E-state index is 2.55. The van der Waals surface area contributed by atoms with Gasteiger partial charge in [-0.2, -0.15) is 0 Å². The first-order valence-corrected chi connectivity index (χ1v) is 10.6. The molecule has 0 saturated heterocycles. The van der Waals surface area contributed by atoms with Crippen LogP contribution < -0.4 is 0 Å². The third-order valence-corrected chi connectivity index (χ3v) is 5.89. The molecule has 4 aromatic carbocycles. The summed E-state index contributed by atoms with van der Waals surface area (Å²) < 4.78 is 2.55. The number of fused-ring (bicyclic) bond motifs is 3. The van der Waals surface area contributed by atoms with Gasteiger partial charge >= 0.3 is 0 Å². The fourth-order valence-electron chi connectivity index (χ4n) is 4.68. The molecule has 0 aliphatic rings. The van der Waals surface area contributed by atoms with E-state index in [9.17, 15) is 0 Å². The SMILES string of the molecule is Cc1cccc(-c2cccc3c4cccc(-c5ccccc5)c4n(C(C)(C)C)c23)c1. The quantitative estimate of drug-likeness (QED) is 0.287. The highest BCUT2D eigenvalue weighted by molar-refractivity contribution is 6.16. The van der Waals surface area contributed by atoms with Crippen molar-refractivity contribution in [2.75, 3.05) is 0 Å². The summed E-state index contributed by atoms with van der Waals surface area (Å²) >= 11 is 0. The van der Waals surface area contributed by atoms with Gasteiger partial charge in [-0.05, 0) is 38.8 Å². The minimum Gasteiger partial charge on any atom is -0.334 e. The van der Waals surface area contributed by atoms with Crippen LogP contribution in [0.3, 0.4) is 0 Å². The zero-order chi connectivity index (χ0) is 20.9. The van der Waals surface area contributed by atoms with Crippen LogP contribution in [0, 0.1) is 6.92 Å². The van der Waals surface area contributed by atoms with Crippen molar-refractivity contribution in [2.45, 2.75) is 33.2 Å². The van der Waals surface area contributed by atoms with Gasteiger partial charge in [0.05, 0.1) is 11.0 Å². The maximum Gasteiger partial charge on any atom is 0.0576 e. The summed E-state index contributed by atoms with van der Waals surface area (Å²) in [6.45, 7) is 9.08. The van der Waals surface area contributed by atoms with Crippen LogP contribution in [0.2, 0.25) is 0 Å². The summed E-state index contributed by atoms with van der Waals surface area (Å²) in [5.41, 5.74) is 8.96. The van der Waals surface area contributed by atoms with Gasteiger partial charge in [-0.25, -0.2) is 0 Å². The fourth-order valence-corrected chi connectivity index (χ4v) is 4.68. The Morgan fingerprint density at radius 1 is 0.567 bits per heavy atom. The van der Waals surface area contributed by atoms with E-state index in [0.29, 0.717) is 0 Å². The predicted octanol–water partition coefficient (Wildman–Crippen LogP) is 8.19. The van der Waals surface area contributed by atoms with Crippen LogP contribution in [0.5, 0.6) is 0 Å². The smallest absolute Gasteiger partial charge is 0.0576 e. The molecule has 0 aliphatic carbocycles. The number of aromatic nitrogens is 1. The Labute approximate surface area is 178 Å². The van der Waals surface area contributed by atoms with Gasteiger partial charge in [-0.1, -0.05) is 96.6 Å². The number of hydrogen-bond donors (Lipinski definition) is 0. The molecule has 0 atom stereocenters. The Morgan fingerprint density at radius 3 is 1.67 bits per heavy atom. The molecule has 0 saturated carbocycles. The highest BCUT2D eigenvalue weighted by atomic mass is 15.1. The van der Waals surface area contributed by atoms with Crippen LogP contribution in [0.1, 0.15) is 26.3 Å². The first kappa shape index (κ1) is 18.7. The first-order valence-electron chi connectivity index (χ1n) is 10.6. The molecule has 0 radical (unpaired) electrons. The lowest BCUT2D eigenvalue weighted by Crippen LogP contribution is -2.22. The number of rotatable bonds is 2. The first-order chi connectivity index (χ1) is 14.4. The lowest BCUT2D eigenvalue weighted by molar-refractivity contribution is 0.424. The van der Waals surface area contributed by atoms with Crippen molar-refractivity contribution in [1.29, 1.82) is 0 Å². The van der Waals surface area contributed by atoms with Gasteiger partial charge in [0.1, 0.15) is 0 Å². The Bertz CT molecular complexity index is 1360. The molecule has 0 spiro atoms. The molecule has 1 heterocycles. The Balaban J connectivity index is 1.99. The van der Waals surface area contributed by atoms with Gasteiger partial charge in [0.15, 0.2) is 0 Å². The minimum absolute atomic E-state index is 0.0647. The van der Waals surface area contributed by atoms with Crippen molar-refractivity contribution in [3.8, 4) is 22.3 Å². The van der Waals surface area contributed by atoms with E-state index in [0.717, 1.165) is 0 Å². The largest absolute Gasteiger partial charge is 0.334 e. The van der Waals surface area contributed by atoms with E-state index < -0.39 is 0 Å². The summed E-state index contributed by atoms with van der Waals surface area (Å²) in [7, 11) is 0. The number of para-hydroxylation sites is 2. The Morgan fingerprint density at radius 2 is 1.10 bits per heavy atom. The molecule has 0 bridgehead atoms. The highest BCUT2D eigenvalue weighted by Crippen LogP contribution is 2.42. The monoisotopic (exact) mass is 389 g/mol. The summed E-state index contributed by atoms with van der Waals surface area (Å²) in [5.74, 6) is 0. The van der Waals surface area contributed by atoms with E-state index in [2.05, 4.69) is 123 Å². The molecule has 0 aliphatic heterocycles. The van der Waals surface area contributed by atoms with E-state index in [1.165, 1.54) is 49.6 Å². The Hall–Kier alpha value is -3.32. The molecule has 5 rings (SSSR count). The van der Waals surface area contributed by atoms with E-state index in [-0.39, 0.29) is 5.54 Å². The lowest BCUT2D eigenvalue weighted by Gasteiger charge is -2.26. The third kappa shape index (κ3) is 2.93. The van der Waals surface area contributed by atoms with Gasteiger partial charge in [0.2, 0.25) is 0 Å². The molecule has 148 valence electrons. The summed E-state index contributed by atoms with van der Waals surface area (Å²) in [6, 6.07) is 33.0. The van der Waals surface area contributed by atoms with E-state index in [1.54, 1.807) is 0 Å². The molecule has 30 heavy (non-hydrogen) atoms. The molecule has 0 unspecified atom stereocenters. The zero-order valence-electron chi connectivity index (χ0n) is 18.1. The van der Waals surface area contributed by atoms with Crippen molar-refractivity contribution in [2.24, 2.45) is 0 Å². The van der Waals surface area contributed by atoms with Crippen LogP contribution in [0.15, 0.2) is 91.0 Å². The number of aryl methyl sites for hydroxylation is 1. The summed E-state index contributed by atoms with van der Waals surface area (Å²) in [6.07, 6.45) is 0. The van der Waals surface area contributed by atoms with E-state index in [1.807, 2.05) is 0 Å². The normalized spacial score (nSPS) is 12.0. The summed E-state index contributed by atoms with van der Waals surface area (Å²) in [4.78, 5) is 0. The molecule has 5 aromatic rings. The molecule has 0 N–H and O–H groups in total. The number of benzene rings is 4. The Kier molecular flexibility index (Phi) is 4.29. The second-order valence-corrected chi connectivity index (χ2v) is 9.15. The molecule has 0 fully saturated rings. The van der Waals surface area contributed by atoms with Crippen molar-refractivity contribution >= 4 is 21.8 Å². The second-order valence-electron chi connectivity index (χ2n) is 9.15. The van der Waals surface area contributed by atoms with Gasteiger partial charge in [0.25, 0.3) is 0 Å². The van der Waals surface area contributed by atoms with Crippen LogP contribution in [-0.4, -0.2) is 4.57 Å². The molecule has 1 heteroatoms. The van der Waals surface area contributed by atoms with Crippen LogP contribution >= 0.6 is 0 Å². The van der Waals surface area contributed by atoms with Crippen molar-refractivity contribution in [3.63, 3.8) is 0 Å². The topological polar surface area (TPSA) is 4.93 Å². The van der Waals surface area contributed by atoms with Crippen LogP contribution in [0.4, 0.5) is 0 Å². The van der Waals surface area contributed by atoms with Gasteiger partial charge in [-0.15, -0.1) is 0 Å². The van der Waals surface area contributed by atoms with E-state index in [4.69, 9.17) is 0 Å². The average Bonchev–Trinajstić information content (AvgIpc) is 3.09. The third-order valence-electron chi connectivity index (χ3n) is 5.89. The standard InChI is InChI=1S/C29H27N/c1-20-11-8-14-22(19-20)24-16-10-18-26-25-17-9-15-23(21-12-6-5-7-13-21)27(25)30(28(24)26)29(2,3)4/h5-19H,1-4H3. The molecule has 1 aromatic heterocycles. The van der Waals surface area contributed by atoms with Crippen molar-refractivity contribution < 1.29 is 0 Å². The summed E-state index contributed by atoms with van der Waals surface area (Å²) in [5, 5.41) is 2.63. The predicted molar refractivity (Wildman–Crippen MR) is 130 cm³/mol. The van der Waals surface area contributed by atoms with Crippen LogP contribution in [-0.2, 0) is 5.54 Å². The highest BCUT2D eigenvalue weighted by Gasteiger charge is 2.24. The molecular weight excluding hydrogens is 362 g/mol. The molecular formula is C29H27N. The average molecular weight is 390 g/mol. The number of hydrogen-bond acceptors (Lipinski definition) is 0. The van der Waals surface area contributed by atoms with E-state index >= 15 is 0 Å². The van der Waals surface area contributed by atoms with Crippen molar-refractivity contribution in [3.05, 3.63) is 96.6 Å². The van der Waals surface area contributed by atoms with Crippen molar-refractivity contribution in [1.82, 2.24) is 4.57 Å². The lowest BCUT2D eigenvalue weighted by atomic mass is 9.99. The zero-order valence-corrected chi connectivity index (χ0v) is 18.1. The molecule has 0 amide bonds. The second kappa shape index (κ2) is 6.88.